The normalized spacial score (nSPS) is 12.4. The number of hydrogen-bond acceptors (Lipinski definition) is 7. The van der Waals surface area contributed by atoms with Gasteiger partial charge in [0, 0.05) is 18.4 Å². The Morgan fingerprint density at radius 1 is 1.19 bits per heavy atom. The minimum Gasteiger partial charge on any atom is -0.394 e. The van der Waals surface area contributed by atoms with Crippen LogP contribution in [-0.4, -0.2) is 36.1 Å². The van der Waals surface area contributed by atoms with Gasteiger partial charge in [0.2, 0.25) is 16.0 Å². The smallest absolute Gasteiger partial charge is 0.240 e. The zero-order valence-electron chi connectivity index (χ0n) is 17.2. The Morgan fingerprint density at radius 2 is 1.97 bits per heavy atom. The molecule has 1 heterocycles. The van der Waals surface area contributed by atoms with Gasteiger partial charge in [0.05, 0.1) is 22.0 Å². The van der Waals surface area contributed by atoms with E-state index in [0.29, 0.717) is 28.0 Å². The second-order valence-corrected chi connectivity index (χ2v) is 9.55. The lowest BCUT2D eigenvalue weighted by molar-refractivity contribution is 0.271. The molecule has 0 aliphatic carbocycles. The molecule has 8 nitrogen and oxygen atoms in total. The molecule has 0 amide bonds. The standard InChI is InChI=1S/C21H23BrFN5O3S/c1-2-16(13-29)26-20-19(22)12-24-21(28-20)27-17-7-4-8-18(10-17)32(30,31)25-11-14-5-3-6-15(23)9-14/h3-10,12,16,25,29H,2,11,13H2,1H3,(H2,24,26,27,28)/t16-/m1/s1. The molecular weight excluding hydrogens is 501 g/mol. The van der Waals surface area contributed by atoms with Crippen LogP contribution in [0, 0.1) is 5.82 Å². The van der Waals surface area contributed by atoms with Crippen LogP contribution in [0.15, 0.2) is 64.1 Å². The van der Waals surface area contributed by atoms with Crippen LogP contribution in [0.1, 0.15) is 18.9 Å². The van der Waals surface area contributed by atoms with Gasteiger partial charge in [0.25, 0.3) is 0 Å². The van der Waals surface area contributed by atoms with Gasteiger partial charge in [-0.25, -0.2) is 22.5 Å². The van der Waals surface area contributed by atoms with Crippen LogP contribution in [-0.2, 0) is 16.6 Å². The lowest BCUT2D eigenvalue weighted by Crippen LogP contribution is -2.23. The van der Waals surface area contributed by atoms with Crippen molar-refractivity contribution in [3.05, 3.63) is 70.6 Å². The quantitative estimate of drug-likeness (QED) is 0.319. The highest BCUT2D eigenvalue weighted by molar-refractivity contribution is 9.10. The first kappa shape index (κ1) is 24.1. The van der Waals surface area contributed by atoms with Crippen molar-refractivity contribution in [3.63, 3.8) is 0 Å². The summed E-state index contributed by atoms with van der Waals surface area (Å²) in [5, 5.41) is 15.5. The summed E-state index contributed by atoms with van der Waals surface area (Å²) >= 11 is 3.37. The highest BCUT2D eigenvalue weighted by Crippen LogP contribution is 2.24. The second kappa shape index (κ2) is 10.8. The number of nitrogens with zero attached hydrogens (tertiary/aromatic N) is 2. The summed E-state index contributed by atoms with van der Waals surface area (Å²) in [4.78, 5) is 8.63. The average Bonchev–Trinajstić information content (AvgIpc) is 2.78. The molecule has 0 bridgehead atoms. The molecule has 0 spiro atoms. The Hall–Kier alpha value is -2.60. The minimum atomic E-state index is -3.82. The number of aliphatic hydroxyl groups excluding tert-OH is 1. The molecule has 0 radical (unpaired) electrons. The van der Waals surface area contributed by atoms with E-state index in [0.717, 1.165) is 0 Å². The van der Waals surface area contributed by atoms with Crippen molar-refractivity contribution in [3.8, 4) is 0 Å². The molecule has 32 heavy (non-hydrogen) atoms. The van der Waals surface area contributed by atoms with Gasteiger partial charge in [0.15, 0.2) is 0 Å². The average molecular weight is 524 g/mol. The molecule has 0 aliphatic rings. The van der Waals surface area contributed by atoms with Gasteiger partial charge in [0.1, 0.15) is 11.6 Å². The third-order valence-corrected chi connectivity index (χ3v) is 6.53. The van der Waals surface area contributed by atoms with Crippen LogP contribution in [0.5, 0.6) is 0 Å². The molecule has 0 saturated heterocycles. The van der Waals surface area contributed by atoms with E-state index >= 15 is 0 Å². The zero-order chi connectivity index (χ0) is 23.1. The van der Waals surface area contributed by atoms with E-state index in [9.17, 15) is 17.9 Å². The van der Waals surface area contributed by atoms with Crippen LogP contribution >= 0.6 is 15.9 Å². The summed E-state index contributed by atoms with van der Waals surface area (Å²) in [6, 6.07) is 11.8. The fourth-order valence-electron chi connectivity index (χ4n) is 2.78. The van der Waals surface area contributed by atoms with E-state index in [-0.39, 0.29) is 30.0 Å². The van der Waals surface area contributed by atoms with Crippen LogP contribution in [0.2, 0.25) is 0 Å². The Labute approximate surface area is 194 Å². The van der Waals surface area contributed by atoms with E-state index in [4.69, 9.17) is 0 Å². The molecule has 11 heteroatoms. The molecule has 0 saturated carbocycles. The summed E-state index contributed by atoms with van der Waals surface area (Å²) in [6.45, 7) is 1.86. The predicted octanol–water partition coefficient (Wildman–Crippen LogP) is 3.78. The van der Waals surface area contributed by atoms with E-state index in [1.165, 1.54) is 30.3 Å². The maximum Gasteiger partial charge on any atom is 0.240 e. The monoisotopic (exact) mass is 523 g/mol. The van der Waals surface area contributed by atoms with Crippen LogP contribution in [0.3, 0.4) is 0 Å². The number of aromatic nitrogens is 2. The molecule has 1 atom stereocenters. The van der Waals surface area contributed by atoms with E-state index < -0.39 is 15.8 Å². The Balaban J connectivity index is 1.74. The predicted molar refractivity (Wildman–Crippen MR) is 125 cm³/mol. The molecule has 4 N–H and O–H groups in total. The fraction of sp³-hybridized carbons (Fsp3) is 0.238. The molecule has 2 aromatic carbocycles. The molecule has 3 rings (SSSR count). The van der Waals surface area contributed by atoms with Gasteiger partial charge in [-0.3, -0.25) is 0 Å². The summed E-state index contributed by atoms with van der Waals surface area (Å²) in [5.74, 6) is 0.329. The minimum absolute atomic E-state index is 0.0357. The van der Waals surface area contributed by atoms with Gasteiger partial charge in [-0.2, -0.15) is 4.98 Å². The van der Waals surface area contributed by atoms with Crippen LogP contribution in [0.25, 0.3) is 0 Å². The number of benzene rings is 2. The number of sulfonamides is 1. The maximum absolute atomic E-state index is 13.3. The number of rotatable bonds is 10. The number of hydrogen-bond donors (Lipinski definition) is 4. The van der Waals surface area contributed by atoms with E-state index in [1.54, 1.807) is 24.4 Å². The first-order valence-electron chi connectivity index (χ1n) is 9.82. The third kappa shape index (κ3) is 6.45. The second-order valence-electron chi connectivity index (χ2n) is 6.93. The SMILES string of the molecule is CC[C@H](CO)Nc1nc(Nc2cccc(S(=O)(=O)NCc3cccc(F)c3)c2)ncc1Br. The van der Waals surface area contributed by atoms with E-state index in [2.05, 4.69) is 41.3 Å². The van der Waals surface area contributed by atoms with Crippen LogP contribution < -0.4 is 15.4 Å². The van der Waals surface area contributed by atoms with E-state index in [1.807, 2.05) is 6.92 Å². The zero-order valence-corrected chi connectivity index (χ0v) is 19.6. The summed E-state index contributed by atoms with van der Waals surface area (Å²) in [6.07, 6.45) is 2.27. The molecular formula is C21H23BrFN5O3S. The Morgan fingerprint density at radius 3 is 2.69 bits per heavy atom. The van der Waals surface area contributed by atoms with Gasteiger partial charge in [-0.05, 0) is 58.2 Å². The van der Waals surface area contributed by atoms with Gasteiger partial charge in [-0.1, -0.05) is 25.1 Å². The van der Waals surface area contributed by atoms with Crippen LogP contribution in [0.4, 0.5) is 21.8 Å². The molecule has 1 aromatic heterocycles. The van der Waals surface area contributed by atoms with Crippen molar-refractivity contribution in [1.82, 2.24) is 14.7 Å². The number of halogens is 2. The Kier molecular flexibility index (Phi) is 8.13. The fourth-order valence-corrected chi connectivity index (χ4v) is 4.15. The summed E-state index contributed by atoms with van der Waals surface area (Å²) in [5.41, 5.74) is 0.987. The van der Waals surface area contributed by atoms with Gasteiger partial charge >= 0.3 is 0 Å². The molecule has 0 aliphatic heterocycles. The largest absolute Gasteiger partial charge is 0.394 e. The lowest BCUT2D eigenvalue weighted by atomic mass is 10.2. The van der Waals surface area contributed by atoms with Crippen molar-refractivity contribution >= 4 is 43.4 Å². The van der Waals surface area contributed by atoms with Crippen molar-refractivity contribution in [2.75, 3.05) is 17.2 Å². The number of nitrogens with one attached hydrogen (secondary N) is 3. The van der Waals surface area contributed by atoms with Crippen molar-refractivity contribution in [1.29, 1.82) is 0 Å². The molecule has 3 aromatic rings. The topological polar surface area (TPSA) is 116 Å². The number of anilines is 3. The summed E-state index contributed by atoms with van der Waals surface area (Å²) < 4.78 is 41.8. The van der Waals surface area contributed by atoms with Crippen molar-refractivity contribution in [2.24, 2.45) is 0 Å². The maximum atomic E-state index is 13.3. The van der Waals surface area contributed by atoms with Gasteiger partial charge in [-0.15, -0.1) is 0 Å². The molecule has 170 valence electrons. The first-order chi connectivity index (χ1) is 15.3. The van der Waals surface area contributed by atoms with Gasteiger partial charge < -0.3 is 15.7 Å². The highest BCUT2D eigenvalue weighted by Gasteiger charge is 2.15. The third-order valence-electron chi connectivity index (χ3n) is 4.55. The number of aliphatic hydroxyl groups is 1. The molecule has 0 unspecified atom stereocenters. The lowest BCUT2D eigenvalue weighted by Gasteiger charge is -2.16. The first-order valence-corrected chi connectivity index (χ1v) is 12.1. The van der Waals surface area contributed by atoms with Crippen molar-refractivity contribution < 1.29 is 17.9 Å². The Bertz CT molecular complexity index is 1180. The van der Waals surface area contributed by atoms with Crippen molar-refractivity contribution in [2.45, 2.75) is 30.8 Å². The molecule has 0 fully saturated rings. The summed E-state index contributed by atoms with van der Waals surface area (Å²) in [7, 11) is -3.82. The highest BCUT2D eigenvalue weighted by atomic mass is 79.9.